The molecule has 10 heteroatoms. The predicted octanol–water partition coefficient (Wildman–Crippen LogP) is 1.03. The second-order valence-corrected chi connectivity index (χ2v) is 8.50. The number of aromatic amines is 1. The van der Waals surface area contributed by atoms with Gasteiger partial charge in [0, 0.05) is 18.2 Å². The first-order valence-electron chi connectivity index (χ1n) is 8.57. The third-order valence-electron chi connectivity index (χ3n) is 4.47. The third-order valence-corrected chi connectivity index (χ3v) is 6.03. The van der Waals surface area contributed by atoms with Crippen LogP contribution in [0, 0.1) is 0 Å². The van der Waals surface area contributed by atoms with E-state index in [1.807, 2.05) is 24.3 Å². The van der Waals surface area contributed by atoms with Crippen LogP contribution in [0.1, 0.15) is 29.8 Å². The molecular formula is C18H23N3O6S. The third kappa shape index (κ3) is 5.10. The lowest BCUT2D eigenvalue weighted by atomic mass is 9.91. The number of hydrogen-bond acceptors (Lipinski definition) is 6. The number of benzene rings is 1. The first-order chi connectivity index (χ1) is 13.3. The van der Waals surface area contributed by atoms with Crippen LogP contribution < -0.4 is 4.74 Å². The molecule has 2 N–H and O–H groups in total. The van der Waals surface area contributed by atoms with Gasteiger partial charge in [-0.2, -0.15) is 0 Å². The van der Waals surface area contributed by atoms with Gasteiger partial charge in [-0.1, -0.05) is 19.1 Å². The lowest BCUT2D eigenvalue weighted by Gasteiger charge is -2.32. The topological polar surface area (TPSA) is 130 Å². The number of carboxylic acid groups (broad SMARTS) is 1. The number of amides is 1. The van der Waals surface area contributed by atoms with Gasteiger partial charge in [0.25, 0.3) is 6.47 Å². The van der Waals surface area contributed by atoms with Gasteiger partial charge < -0.3 is 19.7 Å². The molecule has 1 unspecified atom stereocenters. The molecule has 1 aromatic carbocycles. The van der Waals surface area contributed by atoms with E-state index in [1.165, 1.54) is 0 Å². The number of aromatic nitrogens is 2. The monoisotopic (exact) mass is 409 g/mol. The van der Waals surface area contributed by atoms with Gasteiger partial charge in [-0.05, 0) is 17.7 Å². The summed E-state index contributed by atoms with van der Waals surface area (Å²) in [5.74, 6) is -0.279. The average Bonchev–Trinajstić information content (AvgIpc) is 3.16. The van der Waals surface area contributed by atoms with Gasteiger partial charge in [-0.3, -0.25) is 9.59 Å². The molecule has 1 aliphatic heterocycles. The summed E-state index contributed by atoms with van der Waals surface area (Å²) in [7, 11) is -1.76. The number of H-pyrrole nitrogens is 1. The van der Waals surface area contributed by atoms with Gasteiger partial charge in [-0.25, -0.2) is 13.4 Å². The molecule has 2 aromatic rings. The quantitative estimate of drug-likeness (QED) is 0.705. The van der Waals surface area contributed by atoms with Crippen LogP contribution in [-0.4, -0.2) is 65.9 Å². The number of imidazole rings is 1. The number of nitrogens with zero attached hydrogens (tertiary/aromatic N) is 2. The van der Waals surface area contributed by atoms with E-state index in [2.05, 4.69) is 9.97 Å². The number of sulfone groups is 1. The van der Waals surface area contributed by atoms with Crippen molar-refractivity contribution in [3.05, 3.63) is 47.5 Å². The molecule has 1 aliphatic rings. The van der Waals surface area contributed by atoms with E-state index in [-0.39, 0.29) is 24.1 Å². The zero-order chi connectivity index (χ0) is 20.7. The normalized spacial score (nSPS) is 15.8. The first kappa shape index (κ1) is 21.4. The van der Waals surface area contributed by atoms with Gasteiger partial charge >= 0.3 is 0 Å². The van der Waals surface area contributed by atoms with Gasteiger partial charge in [0.2, 0.25) is 5.91 Å². The van der Waals surface area contributed by atoms with E-state index in [9.17, 15) is 13.2 Å². The van der Waals surface area contributed by atoms with Crippen LogP contribution in [-0.2, 0) is 26.0 Å². The Hall–Kier alpha value is -2.88. The molecule has 3 rings (SSSR count). The Morgan fingerprint density at radius 3 is 2.82 bits per heavy atom. The lowest BCUT2D eigenvalue weighted by molar-refractivity contribution is -0.129. The van der Waals surface area contributed by atoms with Crippen molar-refractivity contribution >= 4 is 22.2 Å². The summed E-state index contributed by atoms with van der Waals surface area (Å²) < 4.78 is 28.9. The van der Waals surface area contributed by atoms with Crippen molar-refractivity contribution in [3.63, 3.8) is 0 Å². The molecule has 0 saturated carbocycles. The fourth-order valence-corrected chi connectivity index (χ4v) is 3.78. The molecule has 0 spiro atoms. The summed E-state index contributed by atoms with van der Waals surface area (Å²) in [6.07, 6.45) is 1.61. The van der Waals surface area contributed by atoms with Crippen molar-refractivity contribution in [2.24, 2.45) is 0 Å². The van der Waals surface area contributed by atoms with Crippen molar-refractivity contribution in [2.75, 3.05) is 25.2 Å². The molecule has 0 radical (unpaired) electrons. The number of rotatable bonds is 5. The number of hydrogen-bond donors (Lipinski definition) is 2. The SMILES string of the molecule is CCS(=O)(=O)CC(=O)N1Cc2[nH]cnc2C(c2cccc(OC)c2)C1.O=CO. The van der Waals surface area contributed by atoms with E-state index in [1.54, 1.807) is 25.3 Å². The molecule has 0 aliphatic carbocycles. The Morgan fingerprint density at radius 1 is 1.46 bits per heavy atom. The summed E-state index contributed by atoms with van der Waals surface area (Å²) in [6.45, 7) is 2.03. The van der Waals surface area contributed by atoms with Gasteiger partial charge in [0.1, 0.15) is 11.5 Å². The molecule has 1 aromatic heterocycles. The highest BCUT2D eigenvalue weighted by atomic mass is 32.2. The predicted molar refractivity (Wildman–Crippen MR) is 102 cm³/mol. The highest BCUT2D eigenvalue weighted by Crippen LogP contribution is 2.33. The van der Waals surface area contributed by atoms with Crippen LogP contribution in [0.2, 0.25) is 0 Å². The molecule has 1 atom stereocenters. The van der Waals surface area contributed by atoms with Crippen LogP contribution in [0.3, 0.4) is 0 Å². The number of carbonyl (C=O) groups excluding carboxylic acids is 1. The number of carbonyl (C=O) groups is 2. The van der Waals surface area contributed by atoms with Gasteiger partial charge in [0.15, 0.2) is 9.84 Å². The zero-order valence-electron chi connectivity index (χ0n) is 15.7. The van der Waals surface area contributed by atoms with Crippen molar-refractivity contribution in [1.82, 2.24) is 14.9 Å². The second-order valence-electron chi connectivity index (χ2n) is 6.15. The summed E-state index contributed by atoms with van der Waals surface area (Å²) in [4.78, 5) is 29.9. The Balaban J connectivity index is 0.000000878. The van der Waals surface area contributed by atoms with Gasteiger partial charge in [0.05, 0.1) is 31.4 Å². The molecule has 0 saturated heterocycles. The van der Waals surface area contributed by atoms with E-state index in [0.717, 1.165) is 22.7 Å². The fraction of sp³-hybridized carbons (Fsp3) is 0.389. The van der Waals surface area contributed by atoms with Crippen molar-refractivity contribution in [3.8, 4) is 5.75 Å². The van der Waals surface area contributed by atoms with Crippen molar-refractivity contribution in [1.29, 1.82) is 0 Å². The zero-order valence-corrected chi connectivity index (χ0v) is 16.5. The lowest BCUT2D eigenvalue weighted by Crippen LogP contribution is -2.41. The van der Waals surface area contributed by atoms with Crippen molar-refractivity contribution < 1.29 is 27.9 Å². The smallest absolute Gasteiger partial charge is 0.290 e. The van der Waals surface area contributed by atoms with Crippen molar-refractivity contribution in [2.45, 2.75) is 19.4 Å². The second kappa shape index (κ2) is 9.36. The number of nitrogens with one attached hydrogen (secondary N) is 1. The Labute approximate surface area is 163 Å². The highest BCUT2D eigenvalue weighted by molar-refractivity contribution is 7.92. The van der Waals surface area contributed by atoms with Crippen LogP contribution in [0.4, 0.5) is 0 Å². The summed E-state index contributed by atoms with van der Waals surface area (Å²) in [5, 5.41) is 6.89. The molecule has 0 bridgehead atoms. The molecule has 28 heavy (non-hydrogen) atoms. The molecule has 1 amide bonds. The first-order valence-corrected chi connectivity index (χ1v) is 10.4. The summed E-state index contributed by atoms with van der Waals surface area (Å²) >= 11 is 0. The minimum absolute atomic E-state index is 0.0405. The number of ether oxygens (including phenoxy) is 1. The summed E-state index contributed by atoms with van der Waals surface area (Å²) in [6, 6.07) is 7.62. The summed E-state index contributed by atoms with van der Waals surface area (Å²) in [5.41, 5.74) is 2.69. The number of fused-ring (bicyclic) bond motifs is 1. The molecule has 2 heterocycles. The maximum absolute atomic E-state index is 12.5. The van der Waals surface area contributed by atoms with Crippen LogP contribution in [0.15, 0.2) is 30.6 Å². The molecular weight excluding hydrogens is 386 g/mol. The van der Waals surface area contributed by atoms with Crippen LogP contribution >= 0.6 is 0 Å². The number of methoxy groups -OCH3 is 1. The maximum Gasteiger partial charge on any atom is 0.290 e. The fourth-order valence-electron chi connectivity index (χ4n) is 3.01. The molecule has 9 nitrogen and oxygen atoms in total. The molecule has 0 fully saturated rings. The van der Waals surface area contributed by atoms with Gasteiger partial charge in [-0.15, -0.1) is 0 Å². The minimum atomic E-state index is -3.36. The Bertz CT molecular complexity index is 925. The largest absolute Gasteiger partial charge is 0.497 e. The standard InChI is InChI=1S/C17H21N3O4S.CH2O2/c1-3-25(22,23)10-16(21)20-8-14(17-15(9-20)18-11-19-17)12-5-4-6-13(7-12)24-2;2-1-3/h4-7,11,14H,3,8-10H2,1-2H3,(H,18,19);1H,(H,2,3). The van der Waals surface area contributed by atoms with E-state index >= 15 is 0 Å². The minimum Gasteiger partial charge on any atom is -0.497 e. The van der Waals surface area contributed by atoms with Crippen LogP contribution in [0.5, 0.6) is 5.75 Å². The van der Waals surface area contributed by atoms with Crippen LogP contribution in [0.25, 0.3) is 0 Å². The van der Waals surface area contributed by atoms with E-state index < -0.39 is 15.6 Å². The average molecular weight is 409 g/mol. The Kier molecular flexibility index (Phi) is 7.16. The van der Waals surface area contributed by atoms with E-state index in [0.29, 0.717) is 13.1 Å². The van der Waals surface area contributed by atoms with E-state index in [4.69, 9.17) is 14.6 Å². The Morgan fingerprint density at radius 2 is 2.18 bits per heavy atom. The molecule has 152 valence electrons. The maximum atomic E-state index is 12.5. The highest BCUT2D eigenvalue weighted by Gasteiger charge is 2.32.